The molecule has 1 unspecified atom stereocenters. The van der Waals surface area contributed by atoms with Gasteiger partial charge in [-0.15, -0.1) is 0 Å². The fourth-order valence-corrected chi connectivity index (χ4v) is 2.08. The minimum Gasteiger partial charge on any atom is -0.368 e. The van der Waals surface area contributed by atoms with Crippen LogP contribution < -0.4 is 16.4 Å². The highest BCUT2D eigenvalue weighted by atomic mass is 16.1. The van der Waals surface area contributed by atoms with E-state index in [1.54, 1.807) is 6.20 Å². The summed E-state index contributed by atoms with van der Waals surface area (Å²) in [7, 11) is 0. The largest absolute Gasteiger partial charge is 0.368 e. The van der Waals surface area contributed by atoms with Crippen molar-refractivity contribution in [3.8, 4) is 0 Å². The first-order valence-electron chi connectivity index (χ1n) is 5.43. The highest BCUT2D eigenvalue weighted by molar-refractivity contribution is 5.84. The first-order valence-corrected chi connectivity index (χ1v) is 5.43. The van der Waals surface area contributed by atoms with Crippen molar-refractivity contribution in [2.45, 2.75) is 25.4 Å². The molecular formula is C11H16N4O. The molecule has 0 spiro atoms. The van der Waals surface area contributed by atoms with Gasteiger partial charge in [0.25, 0.3) is 0 Å². The molecule has 1 amide bonds. The van der Waals surface area contributed by atoms with E-state index >= 15 is 0 Å². The third-order valence-electron chi connectivity index (χ3n) is 2.93. The van der Waals surface area contributed by atoms with Crippen molar-refractivity contribution >= 4 is 11.6 Å². The van der Waals surface area contributed by atoms with Gasteiger partial charge in [-0.3, -0.25) is 9.78 Å². The Kier molecular flexibility index (Phi) is 3.05. The van der Waals surface area contributed by atoms with Crippen molar-refractivity contribution < 1.29 is 4.79 Å². The molecule has 0 aliphatic carbocycles. The van der Waals surface area contributed by atoms with Gasteiger partial charge in [-0.1, -0.05) is 0 Å². The molecule has 1 aromatic heterocycles. The van der Waals surface area contributed by atoms with E-state index in [9.17, 15) is 4.79 Å². The van der Waals surface area contributed by atoms with Crippen LogP contribution in [0.2, 0.25) is 0 Å². The van der Waals surface area contributed by atoms with Crippen molar-refractivity contribution in [2.24, 2.45) is 11.5 Å². The van der Waals surface area contributed by atoms with E-state index in [1.807, 2.05) is 17.0 Å². The third-order valence-corrected chi connectivity index (χ3v) is 2.93. The Morgan fingerprint density at radius 2 is 2.38 bits per heavy atom. The van der Waals surface area contributed by atoms with Gasteiger partial charge >= 0.3 is 0 Å². The fraction of sp³-hybridized carbons (Fsp3) is 0.455. The van der Waals surface area contributed by atoms with E-state index in [-0.39, 0.29) is 11.9 Å². The van der Waals surface area contributed by atoms with Crippen LogP contribution in [0.3, 0.4) is 0 Å². The molecule has 1 fully saturated rings. The Hall–Kier alpha value is -1.62. The second kappa shape index (κ2) is 4.49. The van der Waals surface area contributed by atoms with E-state index in [0.717, 1.165) is 30.8 Å². The average Bonchev–Trinajstić information content (AvgIpc) is 2.78. The normalized spacial score (nSPS) is 20.1. The van der Waals surface area contributed by atoms with Crippen LogP contribution in [0.5, 0.6) is 0 Å². The molecule has 1 saturated heterocycles. The molecule has 4 N–H and O–H groups in total. The maximum absolute atomic E-state index is 11.2. The predicted octanol–water partition coefficient (Wildman–Crippen LogP) is -0.00560. The summed E-state index contributed by atoms with van der Waals surface area (Å²) < 4.78 is 0. The Bertz CT molecular complexity index is 376. The molecule has 1 aliphatic heterocycles. The summed E-state index contributed by atoms with van der Waals surface area (Å²) in [5, 5.41) is 0. The molecule has 1 atom stereocenters. The summed E-state index contributed by atoms with van der Waals surface area (Å²) in [6.07, 6.45) is 3.57. The van der Waals surface area contributed by atoms with Gasteiger partial charge < -0.3 is 16.4 Å². The van der Waals surface area contributed by atoms with Crippen LogP contribution in [0.4, 0.5) is 5.69 Å². The van der Waals surface area contributed by atoms with Gasteiger partial charge in [0, 0.05) is 13.1 Å². The number of amides is 1. The molecule has 0 aromatic carbocycles. The molecule has 86 valence electrons. The van der Waals surface area contributed by atoms with Crippen molar-refractivity contribution in [1.29, 1.82) is 0 Å². The number of nitrogens with two attached hydrogens (primary N) is 2. The van der Waals surface area contributed by atoms with Crippen LogP contribution in [0.25, 0.3) is 0 Å². The summed E-state index contributed by atoms with van der Waals surface area (Å²) in [5.74, 6) is -0.264. The third kappa shape index (κ3) is 1.99. The first-order chi connectivity index (χ1) is 7.72. The summed E-state index contributed by atoms with van der Waals surface area (Å²) in [4.78, 5) is 17.5. The maximum Gasteiger partial charge on any atom is 0.240 e. The van der Waals surface area contributed by atoms with Gasteiger partial charge in [0.05, 0.1) is 17.6 Å². The van der Waals surface area contributed by atoms with E-state index < -0.39 is 0 Å². The standard InChI is InChI=1S/C11H16N4O/c12-6-8-3-4-9(7-14-8)15-5-1-2-10(15)11(13)16/h3-4,7,10H,1-2,5-6,12H2,(H2,13,16). The molecule has 2 rings (SSSR count). The minimum atomic E-state index is -0.264. The van der Waals surface area contributed by atoms with Crippen molar-refractivity contribution in [1.82, 2.24) is 4.98 Å². The lowest BCUT2D eigenvalue weighted by Crippen LogP contribution is -2.40. The van der Waals surface area contributed by atoms with Gasteiger partial charge in [-0.25, -0.2) is 0 Å². The van der Waals surface area contributed by atoms with Crippen molar-refractivity contribution in [3.63, 3.8) is 0 Å². The number of carbonyl (C=O) groups excluding carboxylic acids is 1. The molecule has 5 heteroatoms. The Morgan fingerprint density at radius 3 is 2.94 bits per heavy atom. The highest BCUT2D eigenvalue weighted by Crippen LogP contribution is 2.24. The lowest BCUT2D eigenvalue weighted by Gasteiger charge is -2.23. The summed E-state index contributed by atoms with van der Waals surface area (Å²) in [6.45, 7) is 1.29. The average molecular weight is 220 g/mol. The SMILES string of the molecule is NCc1ccc(N2CCCC2C(N)=O)cn1. The predicted molar refractivity (Wildman–Crippen MR) is 61.7 cm³/mol. The van der Waals surface area contributed by atoms with Crippen LogP contribution in [-0.4, -0.2) is 23.5 Å². The van der Waals surface area contributed by atoms with E-state index in [4.69, 9.17) is 11.5 Å². The number of anilines is 1. The number of rotatable bonds is 3. The highest BCUT2D eigenvalue weighted by Gasteiger charge is 2.29. The van der Waals surface area contributed by atoms with Crippen LogP contribution >= 0.6 is 0 Å². The number of primary amides is 1. The summed E-state index contributed by atoms with van der Waals surface area (Å²) in [5.41, 5.74) is 12.6. The van der Waals surface area contributed by atoms with E-state index in [1.165, 1.54) is 0 Å². The van der Waals surface area contributed by atoms with E-state index in [0.29, 0.717) is 6.54 Å². The van der Waals surface area contributed by atoms with Crippen molar-refractivity contribution in [2.75, 3.05) is 11.4 Å². The smallest absolute Gasteiger partial charge is 0.240 e. The molecule has 0 bridgehead atoms. The summed E-state index contributed by atoms with van der Waals surface area (Å²) >= 11 is 0. The van der Waals surface area contributed by atoms with Crippen LogP contribution in [0.15, 0.2) is 18.3 Å². The molecule has 16 heavy (non-hydrogen) atoms. The fourth-order valence-electron chi connectivity index (χ4n) is 2.08. The van der Waals surface area contributed by atoms with Crippen LogP contribution in [0.1, 0.15) is 18.5 Å². The second-order valence-corrected chi connectivity index (χ2v) is 3.97. The zero-order valence-corrected chi connectivity index (χ0v) is 9.10. The second-order valence-electron chi connectivity index (χ2n) is 3.97. The lowest BCUT2D eigenvalue weighted by atomic mass is 10.2. The number of nitrogens with zero attached hydrogens (tertiary/aromatic N) is 2. The van der Waals surface area contributed by atoms with Gasteiger partial charge in [0.15, 0.2) is 0 Å². The first kappa shape index (κ1) is 10.9. The zero-order chi connectivity index (χ0) is 11.5. The Morgan fingerprint density at radius 1 is 1.56 bits per heavy atom. The van der Waals surface area contributed by atoms with Crippen LogP contribution in [0, 0.1) is 0 Å². The molecule has 1 aliphatic rings. The molecule has 2 heterocycles. The van der Waals surface area contributed by atoms with Gasteiger partial charge in [-0.05, 0) is 25.0 Å². The maximum atomic E-state index is 11.2. The number of hydrogen-bond donors (Lipinski definition) is 2. The molecular weight excluding hydrogens is 204 g/mol. The molecule has 0 radical (unpaired) electrons. The quantitative estimate of drug-likeness (QED) is 0.750. The number of hydrogen-bond acceptors (Lipinski definition) is 4. The molecule has 1 aromatic rings. The zero-order valence-electron chi connectivity index (χ0n) is 9.10. The van der Waals surface area contributed by atoms with Gasteiger partial charge in [0.1, 0.15) is 6.04 Å². The lowest BCUT2D eigenvalue weighted by molar-refractivity contribution is -0.119. The number of pyridine rings is 1. The Balaban J connectivity index is 2.19. The van der Waals surface area contributed by atoms with Crippen molar-refractivity contribution in [3.05, 3.63) is 24.0 Å². The van der Waals surface area contributed by atoms with E-state index in [2.05, 4.69) is 4.98 Å². The Labute approximate surface area is 94.4 Å². The topological polar surface area (TPSA) is 85.2 Å². The summed E-state index contributed by atoms with van der Waals surface area (Å²) in [6, 6.07) is 3.63. The number of carbonyl (C=O) groups is 1. The number of aromatic nitrogens is 1. The van der Waals surface area contributed by atoms with Crippen LogP contribution in [-0.2, 0) is 11.3 Å². The minimum absolute atomic E-state index is 0.189. The van der Waals surface area contributed by atoms with Gasteiger partial charge in [0.2, 0.25) is 5.91 Å². The molecule has 0 saturated carbocycles. The van der Waals surface area contributed by atoms with Gasteiger partial charge in [-0.2, -0.15) is 0 Å². The molecule has 5 nitrogen and oxygen atoms in total. The monoisotopic (exact) mass is 220 g/mol.